The lowest BCUT2D eigenvalue weighted by atomic mass is 10.2. The van der Waals surface area contributed by atoms with Crippen molar-refractivity contribution in [1.82, 2.24) is 10.2 Å². The molecule has 0 fully saturated rings. The monoisotopic (exact) mass is 258 g/mol. The topological polar surface area (TPSA) is 58.6 Å². The Kier molecular flexibility index (Phi) is 8.37. The Bertz CT molecular complexity index is 267. The number of unbranched alkanes of at least 4 members (excludes halogenated alkanes) is 1. The third-order valence-corrected chi connectivity index (χ3v) is 2.91. The summed E-state index contributed by atoms with van der Waals surface area (Å²) in [5.41, 5.74) is 0. The van der Waals surface area contributed by atoms with E-state index in [1.54, 1.807) is 0 Å². The Hall–Kier alpha value is -1.10. The molecular formula is C13H26N2O3. The zero-order valence-corrected chi connectivity index (χ0v) is 12.2. The average Bonchev–Trinajstić information content (AvgIpc) is 2.34. The van der Waals surface area contributed by atoms with Crippen molar-refractivity contribution >= 4 is 11.9 Å². The molecule has 0 saturated carbocycles. The van der Waals surface area contributed by atoms with Crippen molar-refractivity contribution in [2.75, 3.05) is 20.2 Å². The van der Waals surface area contributed by atoms with E-state index in [4.69, 9.17) is 0 Å². The first-order valence-corrected chi connectivity index (χ1v) is 6.54. The number of methoxy groups -OCH3 is 1. The molecule has 0 rings (SSSR count). The molecule has 0 saturated heterocycles. The van der Waals surface area contributed by atoms with Crippen molar-refractivity contribution in [3.63, 3.8) is 0 Å². The quantitative estimate of drug-likeness (QED) is 0.524. The van der Waals surface area contributed by atoms with Crippen LogP contribution >= 0.6 is 0 Å². The van der Waals surface area contributed by atoms with E-state index in [0.717, 1.165) is 12.8 Å². The van der Waals surface area contributed by atoms with Crippen molar-refractivity contribution in [1.29, 1.82) is 0 Å². The molecule has 0 bridgehead atoms. The number of carbonyl (C=O) groups is 2. The number of hydrogen-bond donors (Lipinski definition) is 1. The summed E-state index contributed by atoms with van der Waals surface area (Å²) in [6, 6.07) is -0.225. The maximum atomic E-state index is 11.9. The number of carbonyl (C=O) groups excluding carboxylic acids is 2. The van der Waals surface area contributed by atoms with Gasteiger partial charge in [-0.15, -0.1) is 0 Å². The average molecular weight is 258 g/mol. The Balaban J connectivity index is 4.41. The molecule has 0 aliphatic carbocycles. The fraction of sp³-hybridized carbons (Fsp3) is 0.846. The van der Waals surface area contributed by atoms with Crippen LogP contribution in [0.15, 0.2) is 0 Å². The maximum Gasteiger partial charge on any atom is 0.319 e. The molecule has 1 N–H and O–H groups in total. The second-order valence-corrected chi connectivity index (χ2v) is 4.66. The molecule has 106 valence electrons. The van der Waals surface area contributed by atoms with Gasteiger partial charge in [-0.25, -0.2) is 0 Å². The molecule has 0 aromatic carbocycles. The lowest BCUT2D eigenvalue weighted by Gasteiger charge is -2.30. The Morgan fingerprint density at radius 2 is 1.89 bits per heavy atom. The zero-order valence-electron chi connectivity index (χ0n) is 12.2. The molecular weight excluding hydrogens is 232 g/mol. The summed E-state index contributed by atoms with van der Waals surface area (Å²) in [5.74, 6) is -0.363. The van der Waals surface area contributed by atoms with E-state index in [2.05, 4.69) is 17.0 Å². The molecule has 1 unspecified atom stereocenters. The Morgan fingerprint density at radius 3 is 2.33 bits per heavy atom. The first-order valence-electron chi connectivity index (χ1n) is 6.54. The number of ether oxygens (including phenoxy) is 1. The van der Waals surface area contributed by atoms with Crippen LogP contribution in [0.25, 0.3) is 0 Å². The normalized spacial score (nSPS) is 12.6. The van der Waals surface area contributed by atoms with E-state index < -0.39 is 0 Å². The van der Waals surface area contributed by atoms with E-state index in [1.165, 1.54) is 7.11 Å². The van der Waals surface area contributed by atoms with Gasteiger partial charge in [-0.2, -0.15) is 0 Å². The summed E-state index contributed by atoms with van der Waals surface area (Å²) in [6.07, 6.45) is 2.02. The zero-order chi connectivity index (χ0) is 14.1. The minimum absolute atomic E-state index is 0.0407. The Labute approximate surface area is 110 Å². The molecule has 0 aromatic heterocycles. The van der Waals surface area contributed by atoms with Gasteiger partial charge >= 0.3 is 5.97 Å². The lowest BCUT2D eigenvalue weighted by molar-refractivity contribution is -0.144. The fourth-order valence-electron chi connectivity index (χ4n) is 1.67. The number of nitrogens with one attached hydrogen (secondary N) is 1. The molecule has 18 heavy (non-hydrogen) atoms. The highest BCUT2D eigenvalue weighted by Gasteiger charge is 2.25. The van der Waals surface area contributed by atoms with E-state index in [0.29, 0.717) is 6.54 Å². The minimum atomic E-state index is -0.332. The highest BCUT2D eigenvalue weighted by molar-refractivity contribution is 5.82. The number of rotatable bonds is 8. The van der Waals surface area contributed by atoms with Gasteiger partial charge in [0.05, 0.1) is 19.7 Å². The molecule has 0 aliphatic heterocycles. The minimum Gasteiger partial charge on any atom is -0.468 e. The Morgan fingerprint density at radius 1 is 1.28 bits per heavy atom. The molecule has 1 amide bonds. The van der Waals surface area contributed by atoms with Gasteiger partial charge in [0.15, 0.2) is 0 Å². The van der Waals surface area contributed by atoms with Gasteiger partial charge in [0, 0.05) is 12.6 Å². The third-order valence-electron chi connectivity index (χ3n) is 2.91. The number of nitrogens with zero attached hydrogens (tertiary/aromatic N) is 1. The number of esters is 1. The lowest BCUT2D eigenvalue weighted by Crippen LogP contribution is -2.50. The van der Waals surface area contributed by atoms with Gasteiger partial charge in [-0.1, -0.05) is 13.3 Å². The third kappa shape index (κ3) is 6.00. The van der Waals surface area contributed by atoms with Crippen molar-refractivity contribution < 1.29 is 14.3 Å². The van der Waals surface area contributed by atoms with Gasteiger partial charge < -0.3 is 10.1 Å². The first-order chi connectivity index (χ1) is 8.43. The van der Waals surface area contributed by atoms with Crippen LogP contribution in [0.4, 0.5) is 0 Å². The van der Waals surface area contributed by atoms with Crippen molar-refractivity contribution in [3.8, 4) is 0 Å². The molecule has 0 aliphatic rings. The SMILES string of the molecule is CCCCNC(=O)C(C)N(CC(=O)OC)C(C)C. The second-order valence-electron chi connectivity index (χ2n) is 4.66. The summed E-state index contributed by atoms with van der Waals surface area (Å²) < 4.78 is 4.65. The molecule has 5 heteroatoms. The maximum absolute atomic E-state index is 11.9. The molecule has 0 aromatic rings. The molecule has 5 nitrogen and oxygen atoms in total. The van der Waals surface area contributed by atoms with Gasteiger partial charge in [0.25, 0.3) is 0 Å². The molecule has 1 atom stereocenters. The number of hydrogen-bond acceptors (Lipinski definition) is 4. The van der Waals surface area contributed by atoms with Crippen LogP contribution in [0.5, 0.6) is 0 Å². The number of amides is 1. The van der Waals surface area contributed by atoms with Crippen LogP contribution in [-0.2, 0) is 14.3 Å². The van der Waals surface area contributed by atoms with Crippen molar-refractivity contribution in [2.24, 2.45) is 0 Å². The molecule has 0 spiro atoms. The summed E-state index contributed by atoms with van der Waals surface area (Å²) in [6.45, 7) is 8.62. The predicted molar refractivity (Wildman–Crippen MR) is 71.2 cm³/mol. The second kappa shape index (κ2) is 8.91. The summed E-state index contributed by atoms with van der Waals surface area (Å²) in [4.78, 5) is 25.1. The first kappa shape index (κ1) is 16.9. The fourth-order valence-corrected chi connectivity index (χ4v) is 1.67. The molecule has 0 radical (unpaired) electrons. The van der Waals surface area contributed by atoms with E-state index in [-0.39, 0.29) is 30.5 Å². The van der Waals surface area contributed by atoms with Crippen LogP contribution in [0.3, 0.4) is 0 Å². The standard InChI is InChI=1S/C13H26N2O3/c1-6-7-8-14-13(17)11(4)15(10(2)3)9-12(16)18-5/h10-11H,6-9H2,1-5H3,(H,14,17). The summed E-state index contributed by atoms with van der Waals surface area (Å²) in [7, 11) is 1.35. The highest BCUT2D eigenvalue weighted by Crippen LogP contribution is 2.06. The predicted octanol–water partition coefficient (Wildman–Crippen LogP) is 1.17. The van der Waals surface area contributed by atoms with E-state index >= 15 is 0 Å². The van der Waals surface area contributed by atoms with Crippen LogP contribution in [0, 0.1) is 0 Å². The van der Waals surface area contributed by atoms with Gasteiger partial charge in [0.1, 0.15) is 0 Å². The van der Waals surface area contributed by atoms with E-state index in [1.807, 2.05) is 25.7 Å². The molecule has 0 heterocycles. The van der Waals surface area contributed by atoms with Crippen LogP contribution in [0.1, 0.15) is 40.5 Å². The summed E-state index contributed by atoms with van der Waals surface area (Å²) in [5, 5.41) is 2.88. The summed E-state index contributed by atoms with van der Waals surface area (Å²) >= 11 is 0. The van der Waals surface area contributed by atoms with E-state index in [9.17, 15) is 9.59 Å². The van der Waals surface area contributed by atoms with Crippen LogP contribution in [-0.4, -0.2) is 49.1 Å². The van der Waals surface area contributed by atoms with Gasteiger partial charge in [-0.05, 0) is 27.2 Å². The smallest absolute Gasteiger partial charge is 0.319 e. The van der Waals surface area contributed by atoms with Crippen LogP contribution < -0.4 is 5.32 Å². The highest BCUT2D eigenvalue weighted by atomic mass is 16.5. The van der Waals surface area contributed by atoms with Gasteiger partial charge in [0.2, 0.25) is 5.91 Å². The van der Waals surface area contributed by atoms with Gasteiger partial charge in [-0.3, -0.25) is 14.5 Å². The van der Waals surface area contributed by atoms with Crippen LogP contribution in [0.2, 0.25) is 0 Å². The van der Waals surface area contributed by atoms with Crippen molar-refractivity contribution in [3.05, 3.63) is 0 Å². The van der Waals surface area contributed by atoms with Crippen molar-refractivity contribution in [2.45, 2.75) is 52.6 Å². The largest absolute Gasteiger partial charge is 0.468 e.